The smallest absolute Gasteiger partial charge is 0.220 e. The van der Waals surface area contributed by atoms with Gasteiger partial charge in [-0.1, -0.05) is 254 Å². The lowest BCUT2D eigenvalue weighted by atomic mass is 10.0. The van der Waals surface area contributed by atoms with Crippen LogP contribution in [-0.2, 0) is 22.7 Å². The molecule has 0 bridgehead atoms. The Morgan fingerprint density at radius 1 is 0.373 bits per heavy atom. The Kier molecular flexibility index (Phi) is 34.0. The van der Waals surface area contributed by atoms with Gasteiger partial charge in [0, 0.05) is 24.0 Å². The maximum atomic E-state index is 13.0. The highest BCUT2D eigenvalue weighted by Gasteiger charge is 2.28. The summed E-state index contributed by atoms with van der Waals surface area (Å²) in [4.78, 5) is 26.0. The van der Waals surface area contributed by atoms with Crippen molar-refractivity contribution in [2.24, 2.45) is 0 Å². The SMILES string of the molecule is CCCCCCCCCCCCCCCCCC(=O)NCC[N+](CCNC(=O)CCCCCCCCCCCCCCCCC)(Cc1ccccc1)Cc1ccccc1. The van der Waals surface area contributed by atoms with Crippen LogP contribution in [0.3, 0.4) is 0 Å². The van der Waals surface area contributed by atoms with Crippen LogP contribution in [0.25, 0.3) is 0 Å². The minimum atomic E-state index is 0.175. The van der Waals surface area contributed by atoms with Crippen LogP contribution < -0.4 is 10.6 Å². The highest BCUT2D eigenvalue weighted by atomic mass is 16.2. The largest absolute Gasteiger partial charge is 0.350 e. The number of nitrogens with zero attached hydrogens (tertiary/aromatic N) is 1. The molecule has 2 N–H and O–H groups in total. The minimum absolute atomic E-state index is 0.175. The second-order valence-corrected chi connectivity index (χ2v) is 18.2. The standard InChI is InChI=1S/C54H93N3O2/c1-3-5-7-9-11-13-15-17-19-21-23-25-27-29-37-43-53(58)55-45-47-57(49-51-39-33-31-34-40-51,50-52-41-35-32-36-42-52)48-46-56-54(59)44-38-30-28-26-24-22-20-18-16-14-12-10-8-6-4-2/h31-36,39-42H,3-30,37-38,43-50H2,1-2H3,(H-,55,56,58,59)/p+1. The van der Waals surface area contributed by atoms with Crippen LogP contribution in [0.5, 0.6) is 0 Å². The Hall–Kier alpha value is -2.66. The van der Waals surface area contributed by atoms with E-state index in [2.05, 4.69) is 85.1 Å². The zero-order chi connectivity index (χ0) is 42.2. The fourth-order valence-electron chi connectivity index (χ4n) is 8.78. The van der Waals surface area contributed by atoms with Crippen LogP contribution in [0.4, 0.5) is 0 Å². The lowest BCUT2D eigenvalue weighted by Gasteiger charge is -2.39. The van der Waals surface area contributed by atoms with Gasteiger partial charge in [0.25, 0.3) is 0 Å². The van der Waals surface area contributed by atoms with Crippen molar-refractivity contribution < 1.29 is 14.1 Å². The summed E-state index contributed by atoms with van der Waals surface area (Å²) in [6.07, 6.45) is 41.2. The molecule has 2 amide bonds. The summed E-state index contributed by atoms with van der Waals surface area (Å²) in [5.41, 5.74) is 2.58. The highest BCUT2D eigenvalue weighted by molar-refractivity contribution is 5.76. The molecule has 0 fully saturated rings. The molecule has 59 heavy (non-hydrogen) atoms. The lowest BCUT2D eigenvalue weighted by Crippen LogP contribution is -2.53. The van der Waals surface area contributed by atoms with Gasteiger partial charge in [0.2, 0.25) is 11.8 Å². The minimum Gasteiger partial charge on any atom is -0.350 e. The predicted octanol–water partition coefficient (Wildman–Crippen LogP) is 15.0. The van der Waals surface area contributed by atoms with E-state index in [0.717, 1.165) is 56.3 Å². The van der Waals surface area contributed by atoms with E-state index in [1.165, 1.54) is 178 Å². The number of amides is 2. The van der Waals surface area contributed by atoms with E-state index < -0.39 is 0 Å². The van der Waals surface area contributed by atoms with E-state index in [1.807, 2.05) is 0 Å². The molecule has 336 valence electrons. The normalized spacial score (nSPS) is 11.6. The summed E-state index contributed by atoms with van der Waals surface area (Å²) >= 11 is 0. The van der Waals surface area contributed by atoms with Gasteiger partial charge in [-0.05, 0) is 12.8 Å². The maximum absolute atomic E-state index is 13.0. The van der Waals surface area contributed by atoms with E-state index >= 15 is 0 Å². The van der Waals surface area contributed by atoms with E-state index in [1.54, 1.807) is 0 Å². The maximum Gasteiger partial charge on any atom is 0.220 e. The average Bonchev–Trinajstić information content (AvgIpc) is 3.24. The summed E-state index contributed by atoms with van der Waals surface area (Å²) in [5, 5.41) is 6.58. The number of quaternary nitrogens is 1. The molecule has 0 saturated heterocycles. The average molecular weight is 817 g/mol. The van der Waals surface area contributed by atoms with Gasteiger partial charge in [-0.2, -0.15) is 0 Å². The molecule has 0 unspecified atom stereocenters. The Morgan fingerprint density at radius 2 is 0.627 bits per heavy atom. The van der Waals surface area contributed by atoms with Gasteiger partial charge >= 0.3 is 0 Å². The third-order valence-corrected chi connectivity index (χ3v) is 12.6. The van der Waals surface area contributed by atoms with Gasteiger partial charge in [0.15, 0.2) is 0 Å². The highest BCUT2D eigenvalue weighted by Crippen LogP contribution is 2.21. The van der Waals surface area contributed by atoms with Crippen molar-refractivity contribution in [2.45, 2.75) is 232 Å². The number of carbonyl (C=O) groups is 2. The van der Waals surface area contributed by atoms with Gasteiger partial charge < -0.3 is 15.1 Å². The molecular formula is C54H94N3O2+. The summed E-state index contributed by atoms with van der Waals surface area (Å²) in [6, 6.07) is 21.5. The zero-order valence-corrected chi connectivity index (χ0v) is 38.9. The van der Waals surface area contributed by atoms with Crippen molar-refractivity contribution in [3.05, 3.63) is 71.8 Å². The van der Waals surface area contributed by atoms with E-state index in [0.29, 0.717) is 25.9 Å². The van der Waals surface area contributed by atoms with Crippen LogP contribution in [0.2, 0.25) is 0 Å². The van der Waals surface area contributed by atoms with Crippen LogP contribution in [0.1, 0.15) is 230 Å². The number of carbonyl (C=O) groups excluding carboxylic acids is 2. The molecule has 0 spiro atoms. The molecule has 0 atom stereocenters. The fourth-order valence-corrected chi connectivity index (χ4v) is 8.78. The van der Waals surface area contributed by atoms with Crippen molar-refractivity contribution >= 4 is 11.8 Å². The molecule has 0 aliphatic heterocycles. The Labute approximate surface area is 365 Å². The Morgan fingerprint density at radius 3 is 0.898 bits per heavy atom. The van der Waals surface area contributed by atoms with Crippen LogP contribution in [-0.4, -0.2) is 42.5 Å². The quantitative estimate of drug-likeness (QED) is 0.0518. The van der Waals surface area contributed by atoms with Crippen molar-refractivity contribution in [2.75, 3.05) is 26.2 Å². The lowest BCUT2D eigenvalue weighted by molar-refractivity contribution is -0.951. The first-order valence-electron chi connectivity index (χ1n) is 25.5. The molecule has 0 saturated carbocycles. The van der Waals surface area contributed by atoms with Crippen LogP contribution >= 0.6 is 0 Å². The number of hydrogen-bond acceptors (Lipinski definition) is 2. The van der Waals surface area contributed by atoms with Gasteiger partial charge in [0.05, 0.1) is 26.2 Å². The van der Waals surface area contributed by atoms with Gasteiger partial charge in [0.1, 0.15) is 13.1 Å². The van der Waals surface area contributed by atoms with E-state index in [-0.39, 0.29) is 11.8 Å². The Balaban J connectivity index is 1.69. The molecule has 5 nitrogen and oxygen atoms in total. The van der Waals surface area contributed by atoms with E-state index in [4.69, 9.17) is 0 Å². The summed E-state index contributed by atoms with van der Waals surface area (Å²) in [5.74, 6) is 0.350. The number of rotatable bonds is 42. The summed E-state index contributed by atoms with van der Waals surface area (Å²) < 4.78 is 0.784. The topological polar surface area (TPSA) is 58.2 Å². The predicted molar refractivity (Wildman–Crippen MR) is 255 cm³/mol. The van der Waals surface area contributed by atoms with Gasteiger partial charge in [-0.25, -0.2) is 0 Å². The fraction of sp³-hybridized carbons (Fsp3) is 0.741. The number of benzene rings is 2. The van der Waals surface area contributed by atoms with Crippen molar-refractivity contribution in [3.8, 4) is 0 Å². The van der Waals surface area contributed by atoms with Crippen LogP contribution in [0, 0.1) is 0 Å². The van der Waals surface area contributed by atoms with Gasteiger partial charge in [-0.15, -0.1) is 0 Å². The number of hydrogen-bond donors (Lipinski definition) is 2. The molecule has 0 heterocycles. The third kappa shape index (κ3) is 30.9. The monoisotopic (exact) mass is 817 g/mol. The molecule has 0 aliphatic rings. The Bertz CT molecular complexity index is 1120. The molecule has 0 radical (unpaired) electrons. The first-order chi connectivity index (χ1) is 29.1. The first kappa shape index (κ1) is 52.5. The molecule has 2 rings (SSSR count). The molecule has 0 aromatic heterocycles. The number of unbranched alkanes of at least 4 members (excludes halogenated alkanes) is 28. The van der Waals surface area contributed by atoms with Crippen molar-refractivity contribution in [1.82, 2.24) is 10.6 Å². The second-order valence-electron chi connectivity index (χ2n) is 18.2. The zero-order valence-electron chi connectivity index (χ0n) is 38.9. The number of nitrogens with one attached hydrogen (secondary N) is 2. The molecule has 0 aliphatic carbocycles. The van der Waals surface area contributed by atoms with Crippen molar-refractivity contribution in [3.63, 3.8) is 0 Å². The molecule has 5 heteroatoms. The van der Waals surface area contributed by atoms with Gasteiger partial charge in [-0.3, -0.25) is 9.59 Å². The third-order valence-electron chi connectivity index (χ3n) is 12.6. The van der Waals surface area contributed by atoms with E-state index in [9.17, 15) is 9.59 Å². The molecular weight excluding hydrogens is 723 g/mol. The summed E-state index contributed by atoms with van der Waals surface area (Å²) in [6.45, 7) is 9.23. The van der Waals surface area contributed by atoms with Crippen molar-refractivity contribution in [1.29, 1.82) is 0 Å². The summed E-state index contributed by atoms with van der Waals surface area (Å²) in [7, 11) is 0. The molecule has 2 aromatic carbocycles. The second kappa shape index (κ2) is 38.3. The van der Waals surface area contributed by atoms with Crippen LogP contribution in [0.15, 0.2) is 60.7 Å². The molecule has 2 aromatic rings. The first-order valence-corrected chi connectivity index (χ1v) is 25.5.